The van der Waals surface area contributed by atoms with Crippen LogP contribution in [0.25, 0.3) is 0 Å². The summed E-state index contributed by atoms with van der Waals surface area (Å²) in [7, 11) is -7.35. The van der Waals surface area contributed by atoms with Gasteiger partial charge in [-0.3, -0.25) is 0 Å². The lowest BCUT2D eigenvalue weighted by Gasteiger charge is -2.23. The summed E-state index contributed by atoms with van der Waals surface area (Å²) in [5, 5.41) is 0. The third-order valence-electron chi connectivity index (χ3n) is 3.00. The van der Waals surface area contributed by atoms with Gasteiger partial charge in [0.25, 0.3) is 0 Å². The van der Waals surface area contributed by atoms with E-state index in [1.165, 1.54) is 19.9 Å². The highest BCUT2D eigenvalue weighted by atomic mass is 79.9. The minimum absolute atomic E-state index is 0.0564. The fourth-order valence-electron chi connectivity index (χ4n) is 1.34. The van der Waals surface area contributed by atoms with E-state index in [-0.39, 0.29) is 17.1 Å². The van der Waals surface area contributed by atoms with Crippen molar-refractivity contribution < 1.29 is 16.8 Å². The van der Waals surface area contributed by atoms with Crippen molar-refractivity contribution in [2.45, 2.75) is 23.5 Å². The Morgan fingerprint density at radius 2 is 1.71 bits per heavy atom. The maximum absolute atomic E-state index is 12.3. The molecule has 10 heteroatoms. The monoisotopic (exact) mass is 462 g/mol. The summed E-state index contributed by atoms with van der Waals surface area (Å²) in [5.41, 5.74) is 5.79. The number of sulfonamides is 1. The molecule has 21 heavy (non-hydrogen) atoms. The van der Waals surface area contributed by atoms with E-state index in [1.807, 2.05) is 0 Å². The number of halogens is 2. The number of hydrogen-bond acceptors (Lipinski definition) is 5. The molecular formula is C11H16Br2N2O4S2. The minimum atomic E-state index is -3.94. The number of benzene rings is 1. The smallest absolute Gasteiger partial charge is 0.243 e. The van der Waals surface area contributed by atoms with Gasteiger partial charge in [0.2, 0.25) is 10.0 Å². The molecule has 0 aromatic heterocycles. The normalized spacial score (nSPS) is 13.4. The van der Waals surface area contributed by atoms with Crippen LogP contribution in [0.15, 0.2) is 26.0 Å². The van der Waals surface area contributed by atoms with Crippen molar-refractivity contribution in [3.8, 4) is 0 Å². The fourth-order valence-corrected chi connectivity index (χ4v) is 5.04. The van der Waals surface area contributed by atoms with E-state index in [0.717, 1.165) is 6.26 Å². The van der Waals surface area contributed by atoms with Crippen LogP contribution in [-0.4, -0.2) is 34.4 Å². The molecule has 3 N–H and O–H groups in total. The summed E-state index contributed by atoms with van der Waals surface area (Å²) in [6, 6.07) is 3.01. The summed E-state index contributed by atoms with van der Waals surface area (Å²) in [6.45, 7) is 2.64. The number of nitrogen functional groups attached to an aromatic ring is 1. The zero-order valence-electron chi connectivity index (χ0n) is 11.6. The van der Waals surface area contributed by atoms with Crippen LogP contribution in [-0.2, 0) is 19.9 Å². The van der Waals surface area contributed by atoms with E-state index in [9.17, 15) is 16.8 Å². The first-order valence-corrected chi connectivity index (χ1v) is 10.7. The van der Waals surface area contributed by atoms with E-state index in [4.69, 9.17) is 5.73 Å². The van der Waals surface area contributed by atoms with Crippen molar-refractivity contribution in [2.24, 2.45) is 0 Å². The lowest BCUT2D eigenvalue weighted by atomic mass is 10.2. The Bertz CT molecular complexity index is 735. The topological polar surface area (TPSA) is 106 Å². The summed E-state index contributed by atoms with van der Waals surface area (Å²) in [6.07, 6.45) is 1.06. The number of nitrogens with one attached hydrogen (secondary N) is 1. The molecule has 0 spiro atoms. The molecule has 0 saturated carbocycles. The second-order valence-corrected chi connectivity index (χ2v) is 11.3. The van der Waals surface area contributed by atoms with Gasteiger partial charge in [-0.25, -0.2) is 21.6 Å². The average Bonchev–Trinajstić information content (AvgIpc) is 2.23. The predicted molar refractivity (Wildman–Crippen MR) is 90.4 cm³/mol. The molecule has 0 unspecified atom stereocenters. The Morgan fingerprint density at radius 3 is 2.14 bits per heavy atom. The molecule has 0 heterocycles. The van der Waals surface area contributed by atoms with Crippen LogP contribution >= 0.6 is 31.9 Å². The van der Waals surface area contributed by atoms with Crippen LogP contribution in [0.1, 0.15) is 13.8 Å². The zero-order valence-corrected chi connectivity index (χ0v) is 16.4. The molecule has 0 fully saturated rings. The summed E-state index contributed by atoms with van der Waals surface area (Å²) < 4.78 is 49.9. The molecule has 0 bridgehead atoms. The summed E-state index contributed by atoms with van der Waals surface area (Å²) in [4.78, 5) is -0.116. The Balaban J connectivity index is 3.16. The predicted octanol–water partition coefficient (Wildman–Crippen LogP) is 1.90. The molecule has 0 saturated heterocycles. The number of anilines is 1. The third-order valence-corrected chi connectivity index (χ3v) is 8.01. The molecule has 1 aromatic carbocycles. The Hall–Kier alpha value is -0.160. The number of sulfone groups is 1. The first-order chi connectivity index (χ1) is 9.28. The largest absolute Gasteiger partial charge is 0.398 e. The van der Waals surface area contributed by atoms with E-state index in [2.05, 4.69) is 36.6 Å². The molecule has 0 radical (unpaired) electrons. The molecule has 0 aliphatic carbocycles. The molecule has 6 nitrogen and oxygen atoms in total. The van der Waals surface area contributed by atoms with Gasteiger partial charge in [0, 0.05) is 21.7 Å². The van der Waals surface area contributed by atoms with Crippen molar-refractivity contribution in [3.63, 3.8) is 0 Å². The SMILES string of the molecule is CC(C)(CNS(=O)(=O)c1c(N)cc(Br)cc1Br)S(C)(=O)=O. The van der Waals surface area contributed by atoms with Gasteiger partial charge in [-0.2, -0.15) is 0 Å². The van der Waals surface area contributed by atoms with Gasteiger partial charge in [-0.1, -0.05) is 15.9 Å². The molecule has 1 aromatic rings. The molecule has 0 atom stereocenters. The Kier molecular flexibility index (Phi) is 5.53. The second-order valence-electron chi connectivity index (χ2n) is 5.16. The molecular weight excluding hydrogens is 448 g/mol. The molecule has 120 valence electrons. The molecule has 0 aliphatic heterocycles. The Morgan fingerprint density at radius 1 is 1.19 bits per heavy atom. The molecule has 0 aliphatic rings. The van der Waals surface area contributed by atoms with Crippen molar-refractivity contribution >= 4 is 57.4 Å². The van der Waals surface area contributed by atoms with Crippen LogP contribution in [0.2, 0.25) is 0 Å². The average molecular weight is 464 g/mol. The lowest BCUT2D eigenvalue weighted by Crippen LogP contribution is -2.43. The van der Waals surface area contributed by atoms with Gasteiger partial charge >= 0.3 is 0 Å². The van der Waals surface area contributed by atoms with Gasteiger partial charge in [0.15, 0.2) is 9.84 Å². The maximum atomic E-state index is 12.3. The first kappa shape index (κ1) is 18.9. The van der Waals surface area contributed by atoms with Gasteiger partial charge < -0.3 is 5.73 Å². The lowest BCUT2D eigenvalue weighted by molar-refractivity contribution is 0.537. The highest BCUT2D eigenvalue weighted by molar-refractivity contribution is 9.11. The van der Waals surface area contributed by atoms with E-state index >= 15 is 0 Å². The second kappa shape index (κ2) is 6.15. The van der Waals surface area contributed by atoms with Crippen molar-refractivity contribution in [3.05, 3.63) is 21.1 Å². The van der Waals surface area contributed by atoms with E-state index in [0.29, 0.717) is 8.95 Å². The summed E-state index contributed by atoms with van der Waals surface area (Å²) in [5.74, 6) is 0. The van der Waals surface area contributed by atoms with Crippen molar-refractivity contribution in [2.75, 3.05) is 18.5 Å². The fraction of sp³-hybridized carbons (Fsp3) is 0.455. The van der Waals surface area contributed by atoms with Crippen molar-refractivity contribution in [1.29, 1.82) is 0 Å². The molecule has 0 amide bonds. The van der Waals surface area contributed by atoms with Gasteiger partial charge in [0.05, 0.1) is 10.4 Å². The van der Waals surface area contributed by atoms with Crippen LogP contribution < -0.4 is 10.5 Å². The van der Waals surface area contributed by atoms with Gasteiger partial charge in [-0.05, 0) is 41.9 Å². The van der Waals surface area contributed by atoms with Crippen molar-refractivity contribution in [1.82, 2.24) is 4.72 Å². The van der Waals surface area contributed by atoms with Crippen LogP contribution in [0.4, 0.5) is 5.69 Å². The van der Waals surface area contributed by atoms with E-state index < -0.39 is 24.6 Å². The number of hydrogen-bond donors (Lipinski definition) is 2. The quantitative estimate of drug-likeness (QED) is 0.648. The third kappa shape index (κ3) is 4.41. The van der Waals surface area contributed by atoms with Crippen LogP contribution in [0.5, 0.6) is 0 Å². The first-order valence-electron chi connectivity index (χ1n) is 5.72. The number of rotatable bonds is 5. The summed E-state index contributed by atoms with van der Waals surface area (Å²) >= 11 is 6.35. The van der Waals surface area contributed by atoms with Crippen LogP contribution in [0, 0.1) is 0 Å². The zero-order chi connectivity index (χ0) is 16.6. The highest BCUT2D eigenvalue weighted by Crippen LogP contribution is 2.31. The van der Waals surface area contributed by atoms with Crippen LogP contribution in [0.3, 0.4) is 0 Å². The maximum Gasteiger partial charge on any atom is 0.243 e. The highest BCUT2D eigenvalue weighted by Gasteiger charge is 2.32. The standard InChI is InChI=1S/C11H16Br2N2O4S2/c1-11(2,20(3,16)17)6-15-21(18,19)10-8(13)4-7(12)5-9(10)14/h4-5,15H,6,14H2,1-3H3. The van der Waals surface area contributed by atoms with Gasteiger partial charge in [0.1, 0.15) is 4.90 Å². The van der Waals surface area contributed by atoms with E-state index in [1.54, 1.807) is 6.07 Å². The minimum Gasteiger partial charge on any atom is -0.398 e. The Labute approximate surface area is 141 Å². The number of nitrogens with two attached hydrogens (primary N) is 1. The van der Waals surface area contributed by atoms with Gasteiger partial charge in [-0.15, -0.1) is 0 Å². The molecule has 1 rings (SSSR count).